The van der Waals surface area contributed by atoms with Crippen molar-refractivity contribution < 1.29 is 9.47 Å². The summed E-state index contributed by atoms with van der Waals surface area (Å²) in [5.74, 6) is 1.59. The molecule has 2 aliphatic rings. The zero-order valence-corrected chi connectivity index (χ0v) is 20.8. The normalized spacial score (nSPS) is 18.2. The van der Waals surface area contributed by atoms with Gasteiger partial charge in [0.05, 0.1) is 0 Å². The van der Waals surface area contributed by atoms with E-state index >= 15 is 0 Å². The molecule has 0 amide bonds. The van der Waals surface area contributed by atoms with Crippen molar-refractivity contribution in [2.75, 3.05) is 59.2 Å². The molecule has 0 bridgehead atoms. The van der Waals surface area contributed by atoms with Crippen LogP contribution in [0.5, 0.6) is 0 Å². The van der Waals surface area contributed by atoms with E-state index in [1.54, 1.807) is 4.88 Å². The van der Waals surface area contributed by atoms with Crippen molar-refractivity contribution in [1.82, 2.24) is 15.5 Å². The van der Waals surface area contributed by atoms with E-state index in [2.05, 4.69) is 38.9 Å². The first-order valence-electron chi connectivity index (χ1n) is 10.8. The van der Waals surface area contributed by atoms with Gasteiger partial charge in [0.2, 0.25) is 0 Å². The number of nitrogens with zero attached hydrogens (tertiary/aromatic N) is 2. The number of rotatable bonds is 10. The lowest BCUT2D eigenvalue weighted by Gasteiger charge is -2.27. The second-order valence-electron chi connectivity index (χ2n) is 7.57. The second-order valence-corrected chi connectivity index (χ2v) is 8.57. The van der Waals surface area contributed by atoms with Gasteiger partial charge in [-0.25, -0.2) is 0 Å². The van der Waals surface area contributed by atoms with E-state index in [4.69, 9.17) is 9.47 Å². The van der Waals surface area contributed by atoms with Gasteiger partial charge < -0.3 is 20.1 Å². The molecule has 2 N–H and O–H groups in total. The highest BCUT2D eigenvalue weighted by atomic mass is 127. The molecule has 0 radical (unpaired) electrons. The number of fused-ring (bicyclic) bond motifs is 1. The quantitative estimate of drug-likeness (QED) is 0.208. The summed E-state index contributed by atoms with van der Waals surface area (Å²) >= 11 is 1.90. The Morgan fingerprint density at radius 2 is 2.21 bits per heavy atom. The van der Waals surface area contributed by atoms with E-state index < -0.39 is 0 Å². The van der Waals surface area contributed by atoms with E-state index in [0.29, 0.717) is 5.92 Å². The van der Waals surface area contributed by atoms with E-state index in [0.717, 1.165) is 90.9 Å². The molecule has 166 valence electrons. The molecule has 3 rings (SSSR count). The fourth-order valence-electron chi connectivity index (χ4n) is 3.69. The van der Waals surface area contributed by atoms with Gasteiger partial charge in [-0.15, -0.1) is 35.3 Å². The summed E-state index contributed by atoms with van der Waals surface area (Å²) in [4.78, 5) is 8.78. The van der Waals surface area contributed by atoms with Crippen molar-refractivity contribution in [3.8, 4) is 0 Å². The largest absolute Gasteiger partial charge is 0.381 e. The number of thiophene rings is 1. The second kappa shape index (κ2) is 14.6. The van der Waals surface area contributed by atoms with Crippen LogP contribution in [0.1, 0.15) is 36.6 Å². The molecular formula is C21H37IN4O2S. The summed E-state index contributed by atoms with van der Waals surface area (Å²) in [5, 5.41) is 9.03. The van der Waals surface area contributed by atoms with Gasteiger partial charge >= 0.3 is 0 Å². The Labute approximate surface area is 196 Å². The lowest BCUT2D eigenvalue weighted by molar-refractivity contribution is 0.0205. The van der Waals surface area contributed by atoms with Crippen LogP contribution in [0.3, 0.4) is 0 Å². The molecule has 8 heteroatoms. The fraction of sp³-hybridized carbons (Fsp3) is 0.762. The number of hydrogen-bond acceptors (Lipinski definition) is 5. The lowest BCUT2D eigenvalue weighted by Crippen LogP contribution is -2.42. The zero-order valence-electron chi connectivity index (χ0n) is 17.7. The van der Waals surface area contributed by atoms with Crippen molar-refractivity contribution in [1.29, 1.82) is 0 Å². The molecule has 1 aromatic rings. The Hall–Kier alpha value is -0.420. The molecule has 29 heavy (non-hydrogen) atoms. The van der Waals surface area contributed by atoms with Crippen LogP contribution in [0, 0.1) is 5.92 Å². The van der Waals surface area contributed by atoms with Crippen molar-refractivity contribution in [2.45, 2.75) is 39.2 Å². The number of nitrogens with one attached hydrogen (secondary N) is 2. The number of guanidine groups is 1. The molecule has 3 heterocycles. The Morgan fingerprint density at radius 3 is 3.03 bits per heavy atom. The smallest absolute Gasteiger partial charge is 0.191 e. The van der Waals surface area contributed by atoms with Gasteiger partial charge in [0, 0.05) is 70.6 Å². The molecule has 1 aromatic heterocycles. The van der Waals surface area contributed by atoms with Gasteiger partial charge in [-0.1, -0.05) is 0 Å². The molecule has 0 aromatic carbocycles. The summed E-state index contributed by atoms with van der Waals surface area (Å²) in [6.07, 6.45) is 4.43. The third-order valence-corrected chi connectivity index (χ3v) is 6.39. The average molecular weight is 537 g/mol. The SMILES string of the molecule is CCNC(=NCCCOCC1CCOCC1)NCCN1CCc2sccc2C1.I. The molecule has 0 spiro atoms. The highest BCUT2D eigenvalue weighted by Gasteiger charge is 2.16. The molecule has 6 nitrogen and oxygen atoms in total. The number of ether oxygens (including phenoxy) is 2. The van der Waals surface area contributed by atoms with E-state index in [9.17, 15) is 0 Å². The first kappa shape index (κ1) is 24.8. The van der Waals surface area contributed by atoms with Gasteiger partial charge in [-0.05, 0) is 55.5 Å². The minimum Gasteiger partial charge on any atom is -0.381 e. The zero-order chi connectivity index (χ0) is 19.4. The van der Waals surface area contributed by atoms with Gasteiger partial charge in [0.25, 0.3) is 0 Å². The summed E-state index contributed by atoms with van der Waals surface area (Å²) in [6.45, 7) is 11.4. The minimum atomic E-state index is 0. The first-order chi connectivity index (χ1) is 13.8. The first-order valence-corrected chi connectivity index (χ1v) is 11.7. The van der Waals surface area contributed by atoms with Gasteiger partial charge in [0.1, 0.15) is 0 Å². The molecule has 0 atom stereocenters. The van der Waals surface area contributed by atoms with Crippen molar-refractivity contribution >= 4 is 41.3 Å². The number of halogens is 1. The van der Waals surface area contributed by atoms with Crippen LogP contribution in [-0.4, -0.2) is 70.0 Å². The molecule has 0 unspecified atom stereocenters. The number of hydrogen-bond donors (Lipinski definition) is 2. The van der Waals surface area contributed by atoms with Crippen molar-refractivity contribution in [3.05, 3.63) is 21.9 Å². The van der Waals surface area contributed by atoms with E-state index in [1.807, 2.05) is 11.3 Å². The van der Waals surface area contributed by atoms with Gasteiger partial charge in [0.15, 0.2) is 5.96 Å². The van der Waals surface area contributed by atoms with Gasteiger partial charge in [-0.3, -0.25) is 9.89 Å². The molecule has 0 aliphatic carbocycles. The number of aliphatic imine (C=N–C) groups is 1. The summed E-state index contributed by atoms with van der Waals surface area (Å²) in [6, 6.07) is 2.27. The van der Waals surface area contributed by atoms with Crippen LogP contribution in [0.4, 0.5) is 0 Å². The highest BCUT2D eigenvalue weighted by molar-refractivity contribution is 14.0. The Kier molecular flexibility index (Phi) is 12.5. The van der Waals surface area contributed by atoms with Gasteiger partial charge in [-0.2, -0.15) is 0 Å². The van der Waals surface area contributed by atoms with Crippen LogP contribution < -0.4 is 10.6 Å². The molecule has 1 fully saturated rings. The minimum absolute atomic E-state index is 0. The monoisotopic (exact) mass is 536 g/mol. The fourth-order valence-corrected chi connectivity index (χ4v) is 4.58. The lowest BCUT2D eigenvalue weighted by atomic mass is 10.0. The standard InChI is InChI=1S/C21H36N4O2S.HI/c1-2-22-21(23-8-3-12-27-17-18-5-13-26-14-6-18)24-9-11-25-10-4-20-19(16-25)7-15-28-20;/h7,15,18H,2-6,8-14,16-17H2,1H3,(H2,22,23,24);1H. The average Bonchev–Trinajstić information content (AvgIpc) is 3.19. The Morgan fingerprint density at radius 1 is 1.34 bits per heavy atom. The van der Waals surface area contributed by atoms with E-state index in [-0.39, 0.29) is 24.0 Å². The Balaban J connectivity index is 0.00000300. The van der Waals surface area contributed by atoms with Crippen molar-refractivity contribution in [2.24, 2.45) is 10.9 Å². The third kappa shape index (κ3) is 9.08. The predicted molar refractivity (Wildman–Crippen MR) is 132 cm³/mol. The highest BCUT2D eigenvalue weighted by Crippen LogP contribution is 2.23. The van der Waals surface area contributed by atoms with Crippen LogP contribution in [0.25, 0.3) is 0 Å². The maximum Gasteiger partial charge on any atom is 0.191 e. The van der Waals surface area contributed by atoms with Crippen molar-refractivity contribution in [3.63, 3.8) is 0 Å². The van der Waals surface area contributed by atoms with Crippen LogP contribution >= 0.6 is 35.3 Å². The topological polar surface area (TPSA) is 58.1 Å². The summed E-state index contributed by atoms with van der Waals surface area (Å²) in [7, 11) is 0. The molecular weight excluding hydrogens is 499 g/mol. The molecule has 1 saturated heterocycles. The van der Waals surface area contributed by atoms with Crippen LogP contribution in [0.2, 0.25) is 0 Å². The maximum absolute atomic E-state index is 5.83. The Bertz CT molecular complexity index is 593. The third-order valence-electron chi connectivity index (χ3n) is 5.36. The van der Waals surface area contributed by atoms with E-state index in [1.165, 1.54) is 12.0 Å². The predicted octanol–water partition coefficient (Wildman–Crippen LogP) is 3.11. The van der Waals surface area contributed by atoms with Crippen LogP contribution in [0.15, 0.2) is 16.4 Å². The maximum atomic E-state index is 5.83. The summed E-state index contributed by atoms with van der Waals surface area (Å²) in [5.41, 5.74) is 1.51. The van der Waals surface area contributed by atoms with Crippen LogP contribution in [-0.2, 0) is 22.4 Å². The summed E-state index contributed by atoms with van der Waals surface area (Å²) < 4.78 is 11.2. The molecule has 2 aliphatic heterocycles. The molecule has 0 saturated carbocycles.